The molecule has 9 rings (SSSR count). The number of thiophene rings is 1. The third kappa shape index (κ3) is 5.78. The number of benzene rings is 5. The number of pyridine rings is 3. The van der Waals surface area contributed by atoms with Gasteiger partial charge in [-0.1, -0.05) is 109 Å². The van der Waals surface area contributed by atoms with E-state index in [0.29, 0.717) is 6.54 Å². The number of nitrogens with zero attached hydrogens (tertiary/aromatic N) is 4. The SMILES string of the molecule is C/C=C\C=N/Cc1cc(-c2ccc(-c3ccc4c(c3)nc(-c3cccc5ccccc35)c3c5ccccc5sc43)cc2)cc(-c2ccccn2)n1. The largest absolute Gasteiger partial charge is 0.287 e. The van der Waals surface area contributed by atoms with Crippen LogP contribution in [-0.2, 0) is 6.54 Å². The molecule has 9 aromatic rings. The van der Waals surface area contributed by atoms with Gasteiger partial charge in [-0.3, -0.25) is 9.98 Å². The molecule has 0 aliphatic carbocycles. The van der Waals surface area contributed by atoms with Crippen molar-refractivity contribution < 1.29 is 0 Å². The van der Waals surface area contributed by atoms with E-state index in [-0.39, 0.29) is 0 Å². The van der Waals surface area contributed by atoms with Crippen LogP contribution in [0.1, 0.15) is 12.6 Å². The zero-order chi connectivity index (χ0) is 34.1. The van der Waals surface area contributed by atoms with Crippen molar-refractivity contribution in [1.82, 2.24) is 15.0 Å². The lowest BCUT2D eigenvalue weighted by Gasteiger charge is -2.12. The van der Waals surface area contributed by atoms with Gasteiger partial charge in [-0.2, -0.15) is 0 Å². The molecule has 0 saturated heterocycles. The summed E-state index contributed by atoms with van der Waals surface area (Å²) in [5.41, 5.74) is 10.2. The first-order valence-corrected chi connectivity index (χ1v) is 17.9. The van der Waals surface area contributed by atoms with Crippen molar-refractivity contribution in [3.63, 3.8) is 0 Å². The van der Waals surface area contributed by atoms with Gasteiger partial charge in [0, 0.05) is 43.5 Å². The van der Waals surface area contributed by atoms with Crippen molar-refractivity contribution in [2.24, 2.45) is 4.99 Å². The maximum Gasteiger partial charge on any atom is 0.0896 e. The number of rotatable bonds is 7. The van der Waals surface area contributed by atoms with E-state index < -0.39 is 0 Å². The Bertz CT molecular complexity index is 2770. The van der Waals surface area contributed by atoms with E-state index in [4.69, 9.17) is 9.97 Å². The molecule has 4 aromatic heterocycles. The molecular formula is C46H32N4S. The van der Waals surface area contributed by atoms with E-state index in [2.05, 4.69) is 131 Å². The summed E-state index contributed by atoms with van der Waals surface area (Å²) in [5.74, 6) is 0. The average Bonchev–Trinajstić information content (AvgIpc) is 3.59. The van der Waals surface area contributed by atoms with Gasteiger partial charge in [0.05, 0.1) is 34.8 Å². The molecule has 0 saturated carbocycles. The maximum absolute atomic E-state index is 5.46. The Kier molecular flexibility index (Phi) is 7.95. The number of hydrogen-bond donors (Lipinski definition) is 0. The van der Waals surface area contributed by atoms with Crippen molar-refractivity contribution in [1.29, 1.82) is 0 Å². The first-order chi connectivity index (χ1) is 25.2. The quantitative estimate of drug-likeness (QED) is 0.158. The van der Waals surface area contributed by atoms with Gasteiger partial charge in [0.15, 0.2) is 0 Å². The Morgan fingerprint density at radius 1 is 0.627 bits per heavy atom. The minimum Gasteiger partial charge on any atom is -0.287 e. The van der Waals surface area contributed by atoms with Crippen LogP contribution in [0, 0.1) is 0 Å². The normalized spacial score (nSPS) is 11.9. The fourth-order valence-corrected chi connectivity index (χ4v) is 8.14. The Morgan fingerprint density at radius 3 is 2.24 bits per heavy atom. The first kappa shape index (κ1) is 30.7. The van der Waals surface area contributed by atoms with Gasteiger partial charge in [0.2, 0.25) is 0 Å². The Balaban J connectivity index is 1.14. The number of fused-ring (bicyclic) bond motifs is 6. The summed E-state index contributed by atoms with van der Waals surface area (Å²) >= 11 is 1.85. The summed E-state index contributed by atoms with van der Waals surface area (Å²) in [6, 6.07) is 49.5. The van der Waals surface area contributed by atoms with Crippen LogP contribution < -0.4 is 0 Å². The first-order valence-electron chi connectivity index (χ1n) is 17.1. The van der Waals surface area contributed by atoms with Crippen LogP contribution in [0.25, 0.3) is 86.7 Å². The molecule has 0 amide bonds. The van der Waals surface area contributed by atoms with Crippen LogP contribution in [0.5, 0.6) is 0 Å². The van der Waals surface area contributed by atoms with Crippen molar-refractivity contribution in [3.05, 3.63) is 164 Å². The van der Waals surface area contributed by atoms with E-state index in [9.17, 15) is 0 Å². The standard InChI is InChI=1S/C46H32N4S/c1-2-3-24-47-29-35-26-34(28-42(49-35)40-16-8-9-25-48-40)31-20-18-30(19-21-31)33-22-23-38-41(27-33)50-45(37-15-10-12-32-11-4-5-13-36(32)37)44-39-14-6-7-17-43(39)51-46(38)44/h2-28H,29H2,1H3/b3-2-,47-24-. The highest BCUT2D eigenvalue weighted by Crippen LogP contribution is 2.44. The summed E-state index contributed by atoms with van der Waals surface area (Å²) < 4.78 is 2.55. The lowest BCUT2D eigenvalue weighted by molar-refractivity contribution is 0.997. The van der Waals surface area contributed by atoms with Crippen LogP contribution in [0.2, 0.25) is 0 Å². The zero-order valence-corrected chi connectivity index (χ0v) is 28.8. The van der Waals surface area contributed by atoms with Gasteiger partial charge >= 0.3 is 0 Å². The number of aliphatic imine (C=N–C) groups is 1. The molecule has 0 spiro atoms. The molecule has 0 aliphatic rings. The second-order valence-corrected chi connectivity index (χ2v) is 13.6. The van der Waals surface area contributed by atoms with Crippen LogP contribution in [0.15, 0.2) is 163 Å². The zero-order valence-electron chi connectivity index (χ0n) is 28.0. The van der Waals surface area contributed by atoms with E-state index in [0.717, 1.165) is 56.1 Å². The van der Waals surface area contributed by atoms with Crippen LogP contribution in [0.3, 0.4) is 0 Å². The average molecular weight is 673 g/mol. The highest BCUT2D eigenvalue weighted by atomic mass is 32.1. The molecule has 0 unspecified atom stereocenters. The lowest BCUT2D eigenvalue weighted by atomic mass is 9.96. The Hall–Kier alpha value is -6.30. The topological polar surface area (TPSA) is 51.0 Å². The van der Waals surface area contributed by atoms with Crippen molar-refractivity contribution in [2.75, 3.05) is 0 Å². The van der Waals surface area contributed by atoms with E-state index in [1.54, 1.807) is 6.20 Å². The minimum absolute atomic E-state index is 0.494. The third-order valence-electron chi connectivity index (χ3n) is 9.35. The fourth-order valence-electron chi connectivity index (χ4n) is 6.90. The molecule has 0 radical (unpaired) electrons. The molecule has 51 heavy (non-hydrogen) atoms. The fraction of sp³-hybridized carbons (Fsp3) is 0.0435. The smallest absolute Gasteiger partial charge is 0.0896 e. The molecule has 4 heterocycles. The van der Waals surface area contributed by atoms with Gasteiger partial charge in [-0.05, 0) is 82.4 Å². The molecule has 4 nitrogen and oxygen atoms in total. The summed E-state index contributed by atoms with van der Waals surface area (Å²) in [6.45, 7) is 2.48. The molecule has 0 N–H and O–H groups in total. The van der Waals surface area contributed by atoms with Crippen molar-refractivity contribution in [3.8, 4) is 44.9 Å². The summed E-state index contributed by atoms with van der Waals surface area (Å²) in [6.07, 6.45) is 7.52. The molecule has 0 fully saturated rings. The third-order valence-corrected chi connectivity index (χ3v) is 10.6. The van der Waals surface area contributed by atoms with Crippen molar-refractivity contribution in [2.45, 2.75) is 13.5 Å². The van der Waals surface area contributed by atoms with Gasteiger partial charge in [-0.15, -0.1) is 11.3 Å². The second kappa shape index (κ2) is 13.2. The molecule has 5 heteroatoms. The molecule has 0 atom stereocenters. The van der Waals surface area contributed by atoms with Crippen LogP contribution >= 0.6 is 11.3 Å². The Morgan fingerprint density at radius 2 is 1.39 bits per heavy atom. The number of hydrogen-bond acceptors (Lipinski definition) is 5. The van der Waals surface area contributed by atoms with Gasteiger partial charge in [0.25, 0.3) is 0 Å². The summed E-state index contributed by atoms with van der Waals surface area (Å²) in [5, 5.41) is 6.09. The maximum atomic E-state index is 5.46. The number of allylic oxidation sites excluding steroid dienone is 2. The second-order valence-electron chi connectivity index (χ2n) is 12.6. The molecule has 0 aliphatic heterocycles. The highest BCUT2D eigenvalue weighted by Gasteiger charge is 2.18. The predicted octanol–water partition coefficient (Wildman–Crippen LogP) is 12.4. The van der Waals surface area contributed by atoms with E-state index in [1.807, 2.05) is 54.8 Å². The van der Waals surface area contributed by atoms with E-state index >= 15 is 0 Å². The summed E-state index contributed by atoms with van der Waals surface area (Å²) in [7, 11) is 0. The van der Waals surface area contributed by atoms with Gasteiger partial charge in [-0.25, -0.2) is 9.97 Å². The van der Waals surface area contributed by atoms with Crippen LogP contribution in [-0.4, -0.2) is 21.2 Å². The highest BCUT2D eigenvalue weighted by molar-refractivity contribution is 7.26. The lowest BCUT2D eigenvalue weighted by Crippen LogP contribution is -1.95. The molecule has 5 aromatic carbocycles. The number of aromatic nitrogens is 3. The molecular weight excluding hydrogens is 641 g/mol. The minimum atomic E-state index is 0.494. The van der Waals surface area contributed by atoms with Crippen molar-refractivity contribution >= 4 is 59.4 Å². The van der Waals surface area contributed by atoms with E-state index in [1.165, 1.54) is 36.3 Å². The predicted molar refractivity (Wildman–Crippen MR) is 216 cm³/mol. The summed E-state index contributed by atoms with van der Waals surface area (Å²) in [4.78, 5) is 19.5. The van der Waals surface area contributed by atoms with Crippen LogP contribution in [0.4, 0.5) is 0 Å². The monoisotopic (exact) mass is 672 g/mol. The van der Waals surface area contributed by atoms with Gasteiger partial charge in [0.1, 0.15) is 0 Å². The molecule has 0 bridgehead atoms. The molecule has 242 valence electrons. The Labute approximate surface area is 300 Å². The van der Waals surface area contributed by atoms with Gasteiger partial charge < -0.3 is 0 Å².